The molecule has 0 saturated carbocycles. The minimum absolute atomic E-state index is 0.0387. The lowest BCUT2D eigenvalue weighted by molar-refractivity contribution is -0.139. The second kappa shape index (κ2) is 13.5. The highest BCUT2D eigenvalue weighted by atomic mass is 127. The number of carbonyl (C=O) groups excluding carboxylic acids is 1. The molecule has 222 valence electrons. The summed E-state index contributed by atoms with van der Waals surface area (Å²) < 4.78 is 33.8. The Labute approximate surface area is 269 Å². The van der Waals surface area contributed by atoms with Gasteiger partial charge in [0.1, 0.15) is 12.4 Å². The first-order valence-corrected chi connectivity index (χ1v) is 16.4. The molecule has 4 aromatic rings. The molecule has 0 aliphatic carbocycles. The van der Waals surface area contributed by atoms with Crippen LogP contribution in [0.5, 0.6) is 11.5 Å². The number of halogens is 2. The van der Waals surface area contributed by atoms with Gasteiger partial charge in [0.2, 0.25) is 0 Å². The molecular weight excluding hydrogens is 702 g/mol. The van der Waals surface area contributed by atoms with Crippen molar-refractivity contribution in [2.24, 2.45) is 4.99 Å². The van der Waals surface area contributed by atoms with Gasteiger partial charge < -0.3 is 14.2 Å². The number of ether oxygens (including phenoxy) is 3. The van der Waals surface area contributed by atoms with Crippen molar-refractivity contribution < 1.29 is 23.4 Å². The fourth-order valence-corrected chi connectivity index (χ4v) is 7.01. The van der Waals surface area contributed by atoms with Crippen molar-refractivity contribution in [3.63, 3.8) is 0 Å². The van der Waals surface area contributed by atoms with Crippen LogP contribution in [0.1, 0.15) is 36.6 Å². The minimum Gasteiger partial charge on any atom is -0.493 e. The number of fused-ring (bicyclic) bond motifs is 1. The number of rotatable bonds is 9. The van der Waals surface area contributed by atoms with E-state index in [0.717, 1.165) is 14.0 Å². The zero-order chi connectivity index (χ0) is 30.7. The van der Waals surface area contributed by atoms with Gasteiger partial charge in [-0.3, -0.25) is 9.36 Å². The topological polar surface area (TPSA) is 79.1 Å². The van der Waals surface area contributed by atoms with Crippen LogP contribution < -0.4 is 24.4 Å². The van der Waals surface area contributed by atoms with E-state index in [1.807, 2.05) is 36.6 Å². The van der Waals surface area contributed by atoms with Crippen LogP contribution in [0.3, 0.4) is 0 Å². The number of thioether (sulfide) groups is 1. The van der Waals surface area contributed by atoms with Crippen molar-refractivity contribution in [2.45, 2.75) is 31.4 Å². The van der Waals surface area contributed by atoms with E-state index in [9.17, 15) is 14.0 Å². The largest absolute Gasteiger partial charge is 0.493 e. The molecule has 1 atom stereocenters. The molecule has 0 fully saturated rings. The minimum atomic E-state index is -0.683. The van der Waals surface area contributed by atoms with Gasteiger partial charge in [0.15, 0.2) is 16.3 Å². The zero-order valence-electron chi connectivity index (χ0n) is 23.9. The van der Waals surface area contributed by atoms with E-state index in [0.29, 0.717) is 43.2 Å². The Morgan fingerprint density at radius 3 is 2.60 bits per heavy atom. The van der Waals surface area contributed by atoms with Crippen molar-refractivity contribution in [3.05, 3.63) is 118 Å². The Morgan fingerprint density at radius 1 is 1.19 bits per heavy atom. The zero-order valence-corrected chi connectivity index (χ0v) is 27.6. The highest BCUT2D eigenvalue weighted by Gasteiger charge is 2.33. The highest BCUT2D eigenvalue weighted by molar-refractivity contribution is 14.1. The Hall–Kier alpha value is -3.42. The fourth-order valence-electron chi connectivity index (χ4n) is 4.77. The number of thiazole rings is 1. The van der Waals surface area contributed by atoms with Crippen LogP contribution in [0.2, 0.25) is 0 Å². The van der Waals surface area contributed by atoms with Crippen molar-refractivity contribution in [2.75, 3.05) is 20.0 Å². The molecule has 0 saturated heterocycles. The molecule has 3 aromatic carbocycles. The third-order valence-electron chi connectivity index (χ3n) is 6.83. The monoisotopic (exact) mass is 730 g/mol. The van der Waals surface area contributed by atoms with Gasteiger partial charge in [-0.2, -0.15) is 0 Å². The Kier molecular flexibility index (Phi) is 9.72. The smallest absolute Gasteiger partial charge is 0.338 e. The van der Waals surface area contributed by atoms with E-state index >= 15 is 0 Å². The van der Waals surface area contributed by atoms with E-state index in [4.69, 9.17) is 14.2 Å². The maximum atomic E-state index is 14.1. The lowest BCUT2D eigenvalue weighted by atomic mass is 9.96. The molecule has 5 rings (SSSR count). The number of esters is 1. The highest BCUT2D eigenvalue weighted by Crippen LogP contribution is 2.35. The van der Waals surface area contributed by atoms with E-state index in [2.05, 4.69) is 27.6 Å². The molecule has 43 heavy (non-hydrogen) atoms. The first-order chi connectivity index (χ1) is 20.7. The number of hydrogen-bond donors (Lipinski definition) is 0. The maximum Gasteiger partial charge on any atom is 0.338 e. The van der Waals surface area contributed by atoms with Gasteiger partial charge in [-0.1, -0.05) is 41.7 Å². The molecule has 1 aliphatic heterocycles. The SMILES string of the molecule is CCOC(=O)C1=C(C)N=c2s/c(=C\c3cc(I)c(OCc4ccccc4F)c(OC)c3)c(=O)n2[C@H]1c1ccc(SC)cc1. The quantitative estimate of drug-likeness (QED) is 0.122. The van der Waals surface area contributed by atoms with Crippen LogP contribution in [0.4, 0.5) is 4.39 Å². The number of allylic oxidation sites excluding steroid dienone is 1. The number of methoxy groups -OCH3 is 1. The summed E-state index contributed by atoms with van der Waals surface area (Å²) in [5.41, 5.74) is 2.51. The summed E-state index contributed by atoms with van der Waals surface area (Å²) in [5.74, 6) is 0.0911. The van der Waals surface area contributed by atoms with Crippen LogP contribution in [0.15, 0.2) is 86.6 Å². The third kappa shape index (κ3) is 6.43. The summed E-state index contributed by atoms with van der Waals surface area (Å²) in [6.07, 6.45) is 3.76. The second-order valence-electron chi connectivity index (χ2n) is 9.49. The van der Waals surface area contributed by atoms with Crippen LogP contribution in [-0.4, -0.2) is 30.5 Å². The number of benzene rings is 3. The van der Waals surface area contributed by atoms with E-state index in [-0.39, 0.29) is 24.6 Å². The standard InChI is InChI=1S/C32H28FIN2O5S2/c1-5-40-31(38)27-18(2)35-32-36(28(27)20-10-12-22(42-4)13-11-20)30(37)26(43-32)16-19-14-24(34)29(25(15-19)39-3)41-17-21-8-6-7-9-23(21)33/h6-16,28H,5,17H2,1-4H3/b26-16-/t28-/m0/s1. The van der Waals surface area contributed by atoms with Gasteiger partial charge in [0.25, 0.3) is 5.56 Å². The summed E-state index contributed by atoms with van der Waals surface area (Å²) >= 11 is 4.99. The number of nitrogens with zero attached hydrogens (tertiary/aromatic N) is 2. The van der Waals surface area contributed by atoms with Crippen LogP contribution >= 0.6 is 45.7 Å². The maximum absolute atomic E-state index is 14.1. The van der Waals surface area contributed by atoms with E-state index in [1.54, 1.807) is 60.5 Å². The fraction of sp³-hybridized carbons (Fsp3) is 0.219. The molecule has 0 radical (unpaired) electrons. The average molecular weight is 731 g/mol. The molecular formula is C32H28FIN2O5S2. The van der Waals surface area contributed by atoms with Gasteiger partial charge in [0.05, 0.1) is 39.1 Å². The van der Waals surface area contributed by atoms with Crippen LogP contribution in [-0.2, 0) is 16.1 Å². The molecule has 2 heterocycles. The van der Waals surface area contributed by atoms with E-state index < -0.39 is 12.0 Å². The predicted octanol–water partition coefficient (Wildman–Crippen LogP) is 5.85. The van der Waals surface area contributed by atoms with Gasteiger partial charge in [-0.05, 0) is 90.2 Å². The van der Waals surface area contributed by atoms with Gasteiger partial charge in [0, 0.05) is 10.5 Å². The first-order valence-electron chi connectivity index (χ1n) is 13.3. The van der Waals surface area contributed by atoms with Crippen LogP contribution in [0, 0.1) is 9.39 Å². The molecule has 0 spiro atoms. The molecule has 0 bridgehead atoms. The Bertz CT molecular complexity index is 1900. The molecule has 7 nitrogen and oxygen atoms in total. The normalized spacial score (nSPS) is 14.7. The number of carbonyl (C=O) groups is 1. The Balaban J connectivity index is 1.58. The number of aromatic nitrogens is 1. The van der Waals surface area contributed by atoms with Gasteiger partial charge in [-0.15, -0.1) is 11.8 Å². The lowest BCUT2D eigenvalue weighted by Crippen LogP contribution is -2.39. The van der Waals surface area contributed by atoms with E-state index in [1.165, 1.54) is 24.5 Å². The summed E-state index contributed by atoms with van der Waals surface area (Å²) in [7, 11) is 1.53. The van der Waals surface area contributed by atoms with Gasteiger partial charge in [-0.25, -0.2) is 14.2 Å². The van der Waals surface area contributed by atoms with Crippen molar-refractivity contribution in [1.29, 1.82) is 0 Å². The molecule has 11 heteroatoms. The summed E-state index contributed by atoms with van der Waals surface area (Å²) in [5, 5.41) is 0. The van der Waals surface area contributed by atoms with Crippen LogP contribution in [0.25, 0.3) is 6.08 Å². The first kappa shape index (κ1) is 31.0. The molecule has 0 unspecified atom stereocenters. The molecule has 1 aliphatic rings. The van der Waals surface area contributed by atoms with Crippen molar-refractivity contribution in [1.82, 2.24) is 4.57 Å². The predicted molar refractivity (Wildman–Crippen MR) is 175 cm³/mol. The van der Waals surface area contributed by atoms with Crippen molar-refractivity contribution >= 4 is 57.7 Å². The molecule has 0 amide bonds. The van der Waals surface area contributed by atoms with Crippen molar-refractivity contribution in [3.8, 4) is 11.5 Å². The summed E-state index contributed by atoms with van der Waals surface area (Å²) in [6, 6.07) is 17.2. The average Bonchev–Trinajstić information content (AvgIpc) is 3.30. The Morgan fingerprint density at radius 2 is 1.93 bits per heavy atom. The molecule has 1 aromatic heterocycles. The molecule has 0 N–H and O–H groups in total. The third-order valence-corrected chi connectivity index (χ3v) is 9.36. The summed E-state index contributed by atoms with van der Waals surface area (Å²) in [6.45, 7) is 3.76. The lowest BCUT2D eigenvalue weighted by Gasteiger charge is -2.24. The second-order valence-corrected chi connectivity index (χ2v) is 12.5. The number of hydrogen-bond acceptors (Lipinski definition) is 8. The summed E-state index contributed by atoms with van der Waals surface area (Å²) in [4.78, 5) is 33.3. The van der Waals surface area contributed by atoms with Gasteiger partial charge >= 0.3 is 5.97 Å².